The Balaban J connectivity index is 1.13. The highest BCUT2D eigenvalue weighted by atomic mass is 32.2. The van der Waals surface area contributed by atoms with Crippen molar-refractivity contribution in [2.24, 2.45) is 0 Å². The molecule has 0 radical (unpaired) electrons. The Morgan fingerprint density at radius 3 is 2.47 bits per heavy atom. The number of phosphoric ester groups is 1. The van der Waals surface area contributed by atoms with Gasteiger partial charge in [0.15, 0.2) is 0 Å². The molecule has 0 aromatic carbocycles. The SMILES string of the molecule is O=C(CCCNC(=O)CCCC1SCC2NC(=O)NC21)NC/C=C/c1cn([C@H]2CC[C@@H](COP(=O)(O)OP(=O)(O)OP(=O)(O)O)O2)c(=O)[nH]c1=O. The van der Waals surface area contributed by atoms with Crippen LogP contribution in [0.5, 0.6) is 0 Å². The van der Waals surface area contributed by atoms with Gasteiger partial charge in [-0.05, 0) is 32.1 Å². The molecule has 9 N–H and O–H groups in total. The van der Waals surface area contributed by atoms with Gasteiger partial charge in [-0.15, -0.1) is 0 Å². The molecule has 4 amide bonds. The minimum atomic E-state index is -5.68. The van der Waals surface area contributed by atoms with E-state index in [1.54, 1.807) is 11.8 Å². The molecule has 1 aromatic heterocycles. The number of aromatic nitrogens is 2. The number of H-pyrrole nitrogens is 1. The fourth-order valence-corrected chi connectivity index (χ4v) is 10.0. The smallest absolute Gasteiger partial charge is 0.356 e. The number of aromatic amines is 1. The molecular weight excluding hydrogens is 765 g/mol. The van der Waals surface area contributed by atoms with Crippen LogP contribution in [0.2, 0.25) is 0 Å². The van der Waals surface area contributed by atoms with Crippen molar-refractivity contribution in [1.82, 2.24) is 30.8 Å². The Labute approximate surface area is 293 Å². The number of nitrogens with zero attached hydrogens (tertiary/aromatic N) is 1. The highest BCUT2D eigenvalue weighted by Gasteiger charge is 2.43. The third kappa shape index (κ3) is 13.4. The number of hydrogen-bond donors (Lipinski definition) is 9. The molecule has 7 atom stereocenters. The zero-order chi connectivity index (χ0) is 37.4. The Hall–Kier alpha value is -2.65. The van der Waals surface area contributed by atoms with Gasteiger partial charge in [0.1, 0.15) is 6.23 Å². The van der Waals surface area contributed by atoms with Crippen molar-refractivity contribution < 1.29 is 65.5 Å². The first kappa shape index (κ1) is 41.1. The predicted molar refractivity (Wildman–Crippen MR) is 178 cm³/mol. The average Bonchev–Trinajstić information content (AvgIpc) is 3.72. The quantitative estimate of drug-likeness (QED) is 0.0502. The minimum Gasteiger partial charge on any atom is -0.356 e. The number of fused-ring (bicyclic) bond motifs is 1. The van der Waals surface area contributed by atoms with Crippen molar-refractivity contribution in [2.45, 2.75) is 74.6 Å². The zero-order valence-electron chi connectivity index (χ0n) is 26.8. The zero-order valence-corrected chi connectivity index (χ0v) is 30.3. The molecule has 51 heavy (non-hydrogen) atoms. The molecule has 26 heteroatoms. The van der Waals surface area contributed by atoms with Gasteiger partial charge in [-0.25, -0.2) is 23.3 Å². The number of amides is 4. The second-order valence-corrected chi connectivity index (χ2v) is 17.3. The molecule has 4 heterocycles. The highest BCUT2D eigenvalue weighted by molar-refractivity contribution is 8.00. The monoisotopic (exact) mass is 804 g/mol. The van der Waals surface area contributed by atoms with Crippen molar-refractivity contribution >= 4 is 59.2 Å². The molecule has 286 valence electrons. The standard InChI is InChI=1S/C25H39N6O16P3S/c32-19(6-1-5-18-22-17(14-51-18)28-24(35)29-22)27-11-3-7-20(33)26-10-2-4-15-12-31(25(36)30-23(15)34)21-9-8-16(45-21)13-44-49(40,41)47-50(42,43)46-48(37,38)39/h2,4,12,16-18,21-22H,1,3,5-11,13-14H2,(H,26,33)(H,27,32)(H,40,41)(H,42,43)(H2,28,29,35)(H,30,34,36)(H2,37,38,39)/b4-2+/t16-,17?,18?,21+,22?/m0/s1. The van der Waals surface area contributed by atoms with Gasteiger partial charge in [0.2, 0.25) is 11.8 Å². The Kier molecular flexibility index (Phi) is 14.4. The van der Waals surface area contributed by atoms with Crippen LogP contribution in [0.15, 0.2) is 21.9 Å². The first-order valence-corrected chi connectivity index (χ1v) is 21.1. The molecule has 0 saturated carbocycles. The van der Waals surface area contributed by atoms with Crippen molar-refractivity contribution in [2.75, 3.05) is 25.4 Å². The maximum Gasteiger partial charge on any atom is 0.490 e. The van der Waals surface area contributed by atoms with Gasteiger partial charge >= 0.3 is 35.2 Å². The van der Waals surface area contributed by atoms with Gasteiger partial charge in [0, 0.05) is 43.1 Å². The van der Waals surface area contributed by atoms with Crippen molar-refractivity contribution in [3.05, 3.63) is 38.7 Å². The summed E-state index contributed by atoms with van der Waals surface area (Å²) < 4.78 is 52.7. The number of carbonyl (C=O) groups is 3. The fourth-order valence-electron chi connectivity index (χ4n) is 5.45. The number of rotatable bonds is 19. The van der Waals surface area contributed by atoms with Gasteiger partial charge in [-0.3, -0.25) is 28.5 Å². The summed E-state index contributed by atoms with van der Waals surface area (Å²) in [6, 6.07) is 0.0807. The number of phosphoric acid groups is 3. The van der Waals surface area contributed by atoms with E-state index in [4.69, 9.17) is 14.5 Å². The molecule has 3 fully saturated rings. The fraction of sp³-hybridized carbons (Fsp3) is 0.640. The summed E-state index contributed by atoms with van der Waals surface area (Å²) in [7, 11) is -16.6. The maximum atomic E-state index is 12.4. The van der Waals surface area contributed by atoms with E-state index in [-0.39, 0.29) is 66.5 Å². The van der Waals surface area contributed by atoms with E-state index in [1.807, 2.05) is 0 Å². The van der Waals surface area contributed by atoms with Gasteiger partial charge in [-0.2, -0.15) is 20.4 Å². The number of hydrogen-bond acceptors (Lipinski definition) is 13. The van der Waals surface area contributed by atoms with Crippen LogP contribution in [-0.2, 0) is 41.2 Å². The number of thioether (sulfide) groups is 1. The summed E-state index contributed by atoms with van der Waals surface area (Å²) in [4.78, 5) is 98.8. The average molecular weight is 805 g/mol. The molecule has 0 aliphatic carbocycles. The van der Waals surface area contributed by atoms with E-state index in [0.717, 1.165) is 16.7 Å². The lowest BCUT2D eigenvalue weighted by molar-refractivity contribution is -0.122. The second-order valence-electron chi connectivity index (χ2n) is 11.6. The van der Waals surface area contributed by atoms with Crippen LogP contribution in [0, 0.1) is 0 Å². The molecule has 1 aromatic rings. The Morgan fingerprint density at radius 2 is 1.73 bits per heavy atom. The van der Waals surface area contributed by atoms with E-state index >= 15 is 0 Å². The van der Waals surface area contributed by atoms with Gasteiger partial charge < -0.3 is 45.6 Å². The van der Waals surface area contributed by atoms with E-state index in [9.17, 15) is 47.5 Å². The highest BCUT2D eigenvalue weighted by Crippen LogP contribution is 2.66. The molecule has 3 saturated heterocycles. The van der Waals surface area contributed by atoms with Crippen LogP contribution in [0.1, 0.15) is 56.7 Å². The van der Waals surface area contributed by atoms with Gasteiger partial charge in [0.25, 0.3) is 5.56 Å². The first-order valence-electron chi connectivity index (χ1n) is 15.6. The Bertz CT molecular complexity index is 1730. The number of carbonyl (C=O) groups excluding carboxylic acids is 3. The Morgan fingerprint density at radius 1 is 1.00 bits per heavy atom. The molecule has 3 aliphatic heterocycles. The number of nitrogens with one attached hydrogen (secondary N) is 5. The van der Waals surface area contributed by atoms with Crippen LogP contribution < -0.4 is 32.5 Å². The number of ether oxygens (including phenoxy) is 1. The van der Waals surface area contributed by atoms with E-state index in [1.165, 1.54) is 18.3 Å². The predicted octanol–water partition coefficient (Wildman–Crippen LogP) is -0.0810. The van der Waals surface area contributed by atoms with Crippen LogP contribution >= 0.6 is 35.2 Å². The van der Waals surface area contributed by atoms with Gasteiger partial charge in [-0.1, -0.05) is 12.2 Å². The van der Waals surface area contributed by atoms with Gasteiger partial charge in [0.05, 0.1) is 30.4 Å². The molecule has 0 spiro atoms. The third-order valence-corrected chi connectivity index (χ3v) is 13.0. The summed E-state index contributed by atoms with van der Waals surface area (Å²) >= 11 is 1.79. The summed E-state index contributed by atoms with van der Waals surface area (Å²) in [5.74, 6) is 0.460. The summed E-state index contributed by atoms with van der Waals surface area (Å²) in [5.41, 5.74) is -1.49. The maximum absolute atomic E-state index is 12.4. The van der Waals surface area contributed by atoms with E-state index < -0.39 is 53.7 Å². The molecule has 5 unspecified atom stereocenters. The lowest BCUT2D eigenvalue weighted by Gasteiger charge is -2.19. The molecule has 0 bridgehead atoms. The summed E-state index contributed by atoms with van der Waals surface area (Å²) in [6.07, 6.45) is 4.92. The molecular formula is C25H39N6O16P3S. The van der Waals surface area contributed by atoms with E-state index in [0.29, 0.717) is 25.8 Å². The lowest BCUT2D eigenvalue weighted by Crippen LogP contribution is -2.37. The first-order chi connectivity index (χ1) is 23.9. The van der Waals surface area contributed by atoms with Crippen molar-refractivity contribution in [3.63, 3.8) is 0 Å². The van der Waals surface area contributed by atoms with E-state index in [2.05, 4.69) is 39.4 Å². The van der Waals surface area contributed by atoms with Crippen LogP contribution in [-0.4, -0.2) is 95.9 Å². The van der Waals surface area contributed by atoms with Crippen LogP contribution in [0.4, 0.5) is 4.79 Å². The van der Waals surface area contributed by atoms with Crippen LogP contribution in [0.25, 0.3) is 6.08 Å². The summed E-state index contributed by atoms with van der Waals surface area (Å²) in [6.45, 7) is -0.313. The largest absolute Gasteiger partial charge is 0.490 e. The minimum absolute atomic E-state index is 0.0443. The lowest BCUT2D eigenvalue weighted by atomic mass is 10.0. The molecule has 4 rings (SSSR count). The topological polar surface area (TPSA) is 323 Å². The second kappa shape index (κ2) is 17.9. The normalized spacial score (nSPS) is 25.5. The van der Waals surface area contributed by atoms with Crippen molar-refractivity contribution in [1.29, 1.82) is 0 Å². The third-order valence-electron chi connectivity index (χ3n) is 7.68. The molecule has 3 aliphatic rings. The molecule has 22 nitrogen and oxygen atoms in total. The summed E-state index contributed by atoms with van der Waals surface area (Å²) in [5, 5.41) is 11.5. The number of urea groups is 1. The van der Waals surface area contributed by atoms with Crippen LogP contribution in [0.3, 0.4) is 0 Å². The van der Waals surface area contributed by atoms with Crippen molar-refractivity contribution in [3.8, 4) is 0 Å².